The maximum Gasteiger partial charge on any atom is 0.175 e. The minimum atomic E-state index is 0.0787. The summed E-state index contributed by atoms with van der Waals surface area (Å²) in [5, 5.41) is 0. The van der Waals surface area contributed by atoms with Crippen LogP contribution >= 0.6 is 0 Å². The molecule has 2 heterocycles. The quantitative estimate of drug-likeness (QED) is 0.667. The number of nitrogens with one attached hydrogen (secondary N) is 2. The molecule has 0 aromatic carbocycles. The fraction of sp³-hybridized carbons (Fsp3) is 0.182. The molecule has 3 nitrogen and oxygen atoms in total. The zero-order valence-electron chi connectivity index (χ0n) is 8.37. The van der Waals surface area contributed by atoms with Crippen molar-refractivity contribution in [2.45, 2.75) is 13.8 Å². The van der Waals surface area contributed by atoms with E-state index in [-0.39, 0.29) is 5.78 Å². The van der Waals surface area contributed by atoms with Crippen LogP contribution in [-0.2, 0) is 0 Å². The molecule has 0 saturated carbocycles. The van der Waals surface area contributed by atoms with Crippen molar-refractivity contribution in [1.29, 1.82) is 0 Å². The van der Waals surface area contributed by atoms with E-state index in [1.807, 2.05) is 25.3 Å². The molecule has 0 unspecified atom stereocenters. The largest absolute Gasteiger partial charge is 0.365 e. The fourth-order valence-electron chi connectivity index (χ4n) is 0.969. The molecule has 2 aromatic heterocycles. The van der Waals surface area contributed by atoms with Crippen LogP contribution in [-0.4, -0.2) is 15.8 Å². The number of H-pyrrole nitrogens is 2. The number of aromatic nitrogens is 2. The number of carbonyl (C=O) groups is 1. The number of hydrogen-bond acceptors (Lipinski definition) is 1. The minimum absolute atomic E-state index is 0.0787. The molecule has 0 aliphatic heterocycles. The standard InChI is InChI=1S/C6H7NO.C5H7N/c1-5(8)6-3-2-4-7-6;1-5-3-2-4-6-5/h2-4,7H,1H3;2-4,6H,1H3. The molecule has 0 aliphatic carbocycles. The molecule has 14 heavy (non-hydrogen) atoms. The van der Waals surface area contributed by atoms with Crippen molar-refractivity contribution in [3.8, 4) is 0 Å². The molecule has 0 bridgehead atoms. The van der Waals surface area contributed by atoms with Crippen molar-refractivity contribution in [1.82, 2.24) is 9.97 Å². The minimum Gasteiger partial charge on any atom is -0.365 e. The first-order valence-corrected chi connectivity index (χ1v) is 4.44. The number of aromatic amines is 2. The Morgan fingerprint density at radius 1 is 1.14 bits per heavy atom. The molecule has 0 atom stereocenters. The van der Waals surface area contributed by atoms with Gasteiger partial charge in [0.15, 0.2) is 5.78 Å². The summed E-state index contributed by atoms with van der Waals surface area (Å²) in [6, 6.07) is 7.56. The van der Waals surface area contributed by atoms with E-state index in [9.17, 15) is 4.79 Å². The second kappa shape index (κ2) is 5.07. The van der Waals surface area contributed by atoms with E-state index in [1.54, 1.807) is 18.3 Å². The monoisotopic (exact) mass is 190 g/mol. The van der Waals surface area contributed by atoms with E-state index < -0.39 is 0 Å². The maximum absolute atomic E-state index is 10.5. The van der Waals surface area contributed by atoms with Crippen molar-refractivity contribution in [2.75, 3.05) is 0 Å². The normalized spacial score (nSPS) is 9.00. The molecule has 3 heteroatoms. The SMILES string of the molecule is CC(=O)c1ccc[nH]1.Cc1ccc[nH]1. The van der Waals surface area contributed by atoms with E-state index in [2.05, 4.69) is 9.97 Å². The van der Waals surface area contributed by atoms with Gasteiger partial charge in [0.1, 0.15) is 0 Å². The second-order valence-electron chi connectivity index (χ2n) is 2.99. The predicted molar refractivity (Wildman–Crippen MR) is 56.3 cm³/mol. The van der Waals surface area contributed by atoms with Gasteiger partial charge in [0.05, 0.1) is 5.69 Å². The Labute approximate surface area is 83.2 Å². The van der Waals surface area contributed by atoms with Gasteiger partial charge >= 0.3 is 0 Å². The lowest BCUT2D eigenvalue weighted by molar-refractivity contribution is 0.101. The van der Waals surface area contributed by atoms with Crippen molar-refractivity contribution in [2.24, 2.45) is 0 Å². The molecule has 0 spiro atoms. The molecule has 0 radical (unpaired) electrons. The molecular weight excluding hydrogens is 176 g/mol. The summed E-state index contributed by atoms with van der Waals surface area (Å²) in [6.45, 7) is 3.56. The third-order valence-electron chi connectivity index (χ3n) is 1.73. The molecule has 0 amide bonds. The first kappa shape index (κ1) is 10.3. The number of hydrogen-bond donors (Lipinski definition) is 2. The Hall–Kier alpha value is -1.77. The van der Waals surface area contributed by atoms with Gasteiger partial charge in [0.25, 0.3) is 0 Å². The van der Waals surface area contributed by atoms with Crippen LogP contribution in [0.1, 0.15) is 23.1 Å². The number of rotatable bonds is 1. The van der Waals surface area contributed by atoms with Gasteiger partial charge in [-0.25, -0.2) is 0 Å². The van der Waals surface area contributed by atoms with Gasteiger partial charge in [-0.1, -0.05) is 0 Å². The van der Waals surface area contributed by atoms with Gasteiger partial charge in [0.2, 0.25) is 0 Å². The molecule has 2 aromatic rings. The highest BCUT2D eigenvalue weighted by molar-refractivity contribution is 5.92. The van der Waals surface area contributed by atoms with E-state index in [1.165, 1.54) is 12.6 Å². The van der Waals surface area contributed by atoms with Crippen LogP contribution in [0.2, 0.25) is 0 Å². The van der Waals surface area contributed by atoms with Gasteiger partial charge < -0.3 is 9.97 Å². The summed E-state index contributed by atoms with van der Waals surface area (Å²) in [5.74, 6) is 0.0787. The predicted octanol–water partition coefficient (Wildman–Crippen LogP) is 2.54. The highest BCUT2D eigenvalue weighted by atomic mass is 16.1. The molecule has 0 saturated heterocycles. The first-order chi connectivity index (χ1) is 6.70. The van der Waals surface area contributed by atoms with Crippen molar-refractivity contribution in [3.05, 3.63) is 48.0 Å². The van der Waals surface area contributed by atoms with Crippen molar-refractivity contribution >= 4 is 5.78 Å². The number of carbonyl (C=O) groups excluding carboxylic acids is 1. The van der Waals surface area contributed by atoms with E-state index in [0.29, 0.717) is 5.69 Å². The van der Waals surface area contributed by atoms with Gasteiger partial charge in [0, 0.05) is 25.0 Å². The Kier molecular flexibility index (Phi) is 3.73. The lowest BCUT2D eigenvalue weighted by Crippen LogP contribution is -1.89. The summed E-state index contributed by atoms with van der Waals surface area (Å²) >= 11 is 0. The summed E-state index contributed by atoms with van der Waals surface area (Å²) in [5.41, 5.74) is 1.89. The van der Waals surface area contributed by atoms with Gasteiger partial charge in [-0.15, -0.1) is 0 Å². The Balaban J connectivity index is 0.000000146. The number of Topliss-reactive ketones (excluding diaryl/α,β-unsaturated/α-hetero) is 1. The van der Waals surface area contributed by atoms with Crippen molar-refractivity contribution < 1.29 is 4.79 Å². The van der Waals surface area contributed by atoms with Gasteiger partial charge in [-0.2, -0.15) is 0 Å². The average Bonchev–Trinajstić information content (AvgIpc) is 2.75. The third-order valence-corrected chi connectivity index (χ3v) is 1.73. The van der Waals surface area contributed by atoms with E-state index in [0.717, 1.165) is 0 Å². The molecule has 0 aliphatic rings. The van der Waals surface area contributed by atoms with Crippen molar-refractivity contribution in [3.63, 3.8) is 0 Å². The summed E-state index contributed by atoms with van der Waals surface area (Å²) < 4.78 is 0. The Morgan fingerprint density at radius 2 is 1.79 bits per heavy atom. The van der Waals surface area contributed by atoms with Crippen LogP contribution < -0.4 is 0 Å². The lowest BCUT2D eigenvalue weighted by Gasteiger charge is -1.81. The first-order valence-electron chi connectivity index (χ1n) is 4.44. The summed E-state index contributed by atoms with van der Waals surface area (Å²) in [7, 11) is 0. The summed E-state index contributed by atoms with van der Waals surface area (Å²) in [4.78, 5) is 16.3. The second-order valence-corrected chi connectivity index (χ2v) is 2.99. The van der Waals surface area contributed by atoms with Crippen LogP contribution in [0.3, 0.4) is 0 Å². The smallest absolute Gasteiger partial charge is 0.175 e. The Morgan fingerprint density at radius 3 is 2.00 bits per heavy atom. The number of ketones is 1. The van der Waals surface area contributed by atoms with Gasteiger partial charge in [-0.05, 0) is 31.2 Å². The van der Waals surface area contributed by atoms with E-state index >= 15 is 0 Å². The maximum atomic E-state index is 10.5. The highest BCUT2D eigenvalue weighted by Gasteiger charge is 1.94. The average molecular weight is 190 g/mol. The van der Waals surface area contributed by atoms with Crippen LogP contribution in [0, 0.1) is 6.92 Å². The van der Waals surface area contributed by atoms with E-state index in [4.69, 9.17) is 0 Å². The topological polar surface area (TPSA) is 48.6 Å². The van der Waals surface area contributed by atoms with Crippen LogP contribution in [0.15, 0.2) is 36.7 Å². The lowest BCUT2D eigenvalue weighted by atomic mass is 10.3. The van der Waals surface area contributed by atoms with Crippen LogP contribution in [0.5, 0.6) is 0 Å². The Bertz CT molecular complexity index is 360. The zero-order chi connectivity index (χ0) is 10.4. The molecular formula is C11H14N2O. The van der Waals surface area contributed by atoms with Crippen LogP contribution in [0.25, 0.3) is 0 Å². The third kappa shape index (κ3) is 3.31. The summed E-state index contributed by atoms with van der Waals surface area (Å²) in [6.07, 6.45) is 3.64. The highest BCUT2D eigenvalue weighted by Crippen LogP contribution is 1.93. The molecule has 74 valence electrons. The number of aryl methyl sites for hydroxylation is 1. The van der Waals surface area contributed by atoms with Gasteiger partial charge in [-0.3, -0.25) is 4.79 Å². The molecule has 0 fully saturated rings. The molecule has 2 N–H and O–H groups in total. The van der Waals surface area contributed by atoms with Crippen LogP contribution in [0.4, 0.5) is 0 Å². The fourth-order valence-corrected chi connectivity index (χ4v) is 0.969. The molecule has 2 rings (SSSR count). The zero-order valence-corrected chi connectivity index (χ0v) is 8.37.